The van der Waals surface area contributed by atoms with Gasteiger partial charge in [0.1, 0.15) is 0 Å². The molecule has 0 saturated heterocycles. The quantitative estimate of drug-likeness (QED) is 0.733. The molecule has 0 amide bonds. The molecule has 2 aromatic rings. The van der Waals surface area contributed by atoms with E-state index >= 15 is 0 Å². The summed E-state index contributed by atoms with van der Waals surface area (Å²) in [6.07, 6.45) is 0. The summed E-state index contributed by atoms with van der Waals surface area (Å²) in [4.78, 5) is 0. The maximum Gasteiger partial charge on any atom is 0.188 e. The Morgan fingerprint density at radius 1 is 1.12 bits per heavy atom. The fraction of sp³-hybridized carbons (Fsp3) is 0.429. The minimum absolute atomic E-state index is 1.03. The lowest BCUT2D eigenvalue weighted by atomic mass is 10.1. The topological polar surface area (TPSA) is 14.2 Å². The number of methoxy groups -OCH3 is 1. The van der Waals surface area contributed by atoms with Gasteiger partial charge in [-0.3, -0.25) is 0 Å². The molecule has 1 aromatic heterocycles. The van der Waals surface area contributed by atoms with E-state index < -0.39 is 8.24 Å². The van der Waals surface area contributed by atoms with Gasteiger partial charge >= 0.3 is 0 Å². The van der Waals surface area contributed by atoms with Crippen LogP contribution in [0.3, 0.4) is 0 Å². The van der Waals surface area contributed by atoms with E-state index in [1.807, 2.05) is 0 Å². The van der Waals surface area contributed by atoms with Crippen molar-refractivity contribution in [1.82, 2.24) is 4.23 Å². The Morgan fingerprint density at radius 2 is 1.76 bits per heavy atom. The van der Waals surface area contributed by atoms with Crippen LogP contribution in [0.5, 0.6) is 5.88 Å². The molecule has 17 heavy (non-hydrogen) atoms. The highest BCUT2D eigenvalue weighted by atomic mass is 28.3. The molecule has 2 rings (SSSR count). The number of hydrogen-bond acceptors (Lipinski definition) is 1. The van der Waals surface area contributed by atoms with Crippen LogP contribution in [0.4, 0.5) is 0 Å². The fourth-order valence-corrected chi connectivity index (χ4v) is 4.23. The Balaban J connectivity index is 2.90. The van der Waals surface area contributed by atoms with Crippen LogP contribution in [-0.4, -0.2) is 19.6 Å². The third kappa shape index (κ3) is 1.88. The van der Waals surface area contributed by atoms with E-state index in [1.165, 1.54) is 22.0 Å². The molecule has 0 saturated carbocycles. The summed E-state index contributed by atoms with van der Waals surface area (Å²) < 4.78 is 8.04. The van der Waals surface area contributed by atoms with E-state index in [0.29, 0.717) is 0 Å². The van der Waals surface area contributed by atoms with Gasteiger partial charge in [-0.1, -0.05) is 31.3 Å². The van der Waals surface area contributed by atoms with Crippen LogP contribution >= 0.6 is 0 Å². The molecule has 2 nitrogen and oxygen atoms in total. The van der Waals surface area contributed by atoms with Gasteiger partial charge in [-0.25, -0.2) is 0 Å². The highest BCUT2D eigenvalue weighted by Gasteiger charge is 2.25. The predicted molar refractivity (Wildman–Crippen MR) is 76.7 cm³/mol. The number of fused-ring (bicyclic) bond motifs is 1. The van der Waals surface area contributed by atoms with Crippen LogP contribution in [0.1, 0.15) is 11.1 Å². The van der Waals surface area contributed by atoms with Crippen molar-refractivity contribution in [2.75, 3.05) is 7.11 Å². The summed E-state index contributed by atoms with van der Waals surface area (Å²) in [6.45, 7) is 11.3. The van der Waals surface area contributed by atoms with Crippen molar-refractivity contribution >= 4 is 19.1 Å². The average Bonchev–Trinajstić information content (AvgIpc) is 2.51. The molecule has 1 heterocycles. The van der Waals surface area contributed by atoms with Crippen LogP contribution in [-0.2, 0) is 0 Å². The molecule has 0 aliphatic carbocycles. The Morgan fingerprint density at radius 3 is 2.29 bits per heavy atom. The molecule has 3 heteroatoms. The van der Waals surface area contributed by atoms with Gasteiger partial charge in [-0.2, -0.15) is 0 Å². The second-order valence-electron chi connectivity index (χ2n) is 5.66. The van der Waals surface area contributed by atoms with Crippen molar-refractivity contribution in [1.29, 1.82) is 0 Å². The Labute approximate surface area is 104 Å². The summed E-state index contributed by atoms with van der Waals surface area (Å²) in [5.41, 5.74) is 3.87. The lowest BCUT2D eigenvalue weighted by molar-refractivity contribution is 0.392. The van der Waals surface area contributed by atoms with Gasteiger partial charge in [0.25, 0.3) is 0 Å². The van der Waals surface area contributed by atoms with Crippen molar-refractivity contribution in [3.8, 4) is 5.88 Å². The van der Waals surface area contributed by atoms with Crippen molar-refractivity contribution in [2.45, 2.75) is 33.5 Å². The molecule has 0 radical (unpaired) electrons. The zero-order chi connectivity index (χ0) is 12.8. The molecule has 0 aliphatic rings. The summed E-state index contributed by atoms with van der Waals surface area (Å²) in [5, 5.41) is 1.32. The molecule has 1 aromatic carbocycles. The number of ether oxygens (including phenoxy) is 1. The van der Waals surface area contributed by atoms with Crippen molar-refractivity contribution < 1.29 is 4.74 Å². The van der Waals surface area contributed by atoms with E-state index in [-0.39, 0.29) is 0 Å². The summed E-state index contributed by atoms with van der Waals surface area (Å²) in [5.74, 6) is 1.03. The first-order valence-electron chi connectivity index (χ1n) is 6.02. The molecule has 0 aliphatic heterocycles. The minimum atomic E-state index is -1.47. The monoisotopic (exact) mass is 247 g/mol. The highest BCUT2D eigenvalue weighted by molar-refractivity contribution is 6.75. The molecule has 0 atom stereocenters. The Bertz CT molecular complexity index is 564. The molecule has 0 bridgehead atoms. The first-order valence-corrected chi connectivity index (χ1v) is 9.47. The first kappa shape index (κ1) is 12.2. The van der Waals surface area contributed by atoms with E-state index in [0.717, 1.165) is 5.88 Å². The van der Waals surface area contributed by atoms with Gasteiger partial charge in [0.15, 0.2) is 14.1 Å². The largest absolute Gasteiger partial charge is 0.482 e. The third-order valence-electron chi connectivity index (χ3n) is 3.19. The summed E-state index contributed by atoms with van der Waals surface area (Å²) >= 11 is 0. The predicted octanol–water partition coefficient (Wildman–Crippen LogP) is 3.95. The summed E-state index contributed by atoms with van der Waals surface area (Å²) in [7, 11) is 0.300. The minimum Gasteiger partial charge on any atom is -0.482 e. The smallest absolute Gasteiger partial charge is 0.188 e. The van der Waals surface area contributed by atoms with Crippen LogP contribution in [0.15, 0.2) is 18.2 Å². The van der Waals surface area contributed by atoms with Gasteiger partial charge < -0.3 is 8.97 Å². The first-order chi connectivity index (χ1) is 7.86. The number of benzene rings is 1. The number of rotatable bonds is 2. The average molecular weight is 247 g/mol. The van der Waals surface area contributed by atoms with Crippen molar-refractivity contribution in [3.63, 3.8) is 0 Å². The van der Waals surface area contributed by atoms with E-state index in [9.17, 15) is 0 Å². The number of hydrogen-bond donors (Lipinski definition) is 0. The molecule has 92 valence electrons. The fourth-order valence-electron chi connectivity index (χ4n) is 2.45. The van der Waals surface area contributed by atoms with E-state index in [2.05, 4.69) is 55.9 Å². The zero-order valence-electron chi connectivity index (χ0n) is 11.6. The van der Waals surface area contributed by atoms with Gasteiger partial charge in [0.05, 0.1) is 7.11 Å². The normalized spacial score (nSPS) is 12.1. The van der Waals surface area contributed by atoms with E-state index in [1.54, 1.807) is 7.11 Å². The molecule has 0 spiro atoms. The Hall–Kier alpha value is -1.22. The van der Waals surface area contributed by atoms with Gasteiger partial charge in [0, 0.05) is 16.5 Å². The molecule has 0 unspecified atom stereocenters. The van der Waals surface area contributed by atoms with Crippen molar-refractivity contribution in [3.05, 3.63) is 29.3 Å². The van der Waals surface area contributed by atoms with Gasteiger partial charge in [-0.05, 0) is 26.0 Å². The maximum absolute atomic E-state index is 5.63. The van der Waals surface area contributed by atoms with E-state index in [4.69, 9.17) is 4.74 Å². The molecular formula is C14H21NOSi. The lowest BCUT2D eigenvalue weighted by Crippen LogP contribution is -2.32. The SMILES string of the molecule is COc1c(C)c2cc(C)ccc2n1[Si](C)(C)C. The number of aryl methyl sites for hydroxylation is 2. The number of nitrogens with zero attached hydrogens (tertiary/aromatic N) is 1. The Kier molecular flexibility index (Phi) is 2.82. The van der Waals surface area contributed by atoms with Crippen LogP contribution in [0.25, 0.3) is 10.9 Å². The van der Waals surface area contributed by atoms with Crippen LogP contribution in [0, 0.1) is 13.8 Å². The van der Waals surface area contributed by atoms with Crippen LogP contribution in [0.2, 0.25) is 19.6 Å². The maximum atomic E-state index is 5.63. The summed E-state index contributed by atoms with van der Waals surface area (Å²) in [6, 6.07) is 6.65. The molecule has 0 N–H and O–H groups in total. The molecule has 0 fully saturated rings. The van der Waals surface area contributed by atoms with Crippen molar-refractivity contribution in [2.24, 2.45) is 0 Å². The second kappa shape index (κ2) is 3.91. The van der Waals surface area contributed by atoms with Crippen LogP contribution < -0.4 is 4.74 Å². The van der Waals surface area contributed by atoms with Gasteiger partial charge in [0.2, 0.25) is 0 Å². The lowest BCUT2D eigenvalue weighted by Gasteiger charge is -2.22. The second-order valence-corrected chi connectivity index (χ2v) is 10.4. The third-order valence-corrected chi connectivity index (χ3v) is 4.97. The highest BCUT2D eigenvalue weighted by Crippen LogP contribution is 2.34. The van der Waals surface area contributed by atoms with Gasteiger partial charge in [-0.15, -0.1) is 0 Å². The standard InChI is InChI=1S/C14H21NOSi/c1-10-7-8-13-12(9-10)11(2)14(16-3)15(13)17(4,5)6/h7-9H,1-6H3. The zero-order valence-corrected chi connectivity index (χ0v) is 12.6. The molecular weight excluding hydrogens is 226 g/mol. The number of aromatic nitrogens is 1.